The van der Waals surface area contributed by atoms with Crippen molar-refractivity contribution in [2.75, 3.05) is 18.0 Å². The van der Waals surface area contributed by atoms with Crippen LogP contribution in [0.15, 0.2) is 66.6 Å². The highest BCUT2D eigenvalue weighted by Crippen LogP contribution is 2.37. The maximum Gasteiger partial charge on any atom is 0.355 e. The van der Waals surface area contributed by atoms with E-state index in [2.05, 4.69) is 28.0 Å². The number of aromatic nitrogens is 4. The van der Waals surface area contributed by atoms with E-state index in [1.54, 1.807) is 21.7 Å². The van der Waals surface area contributed by atoms with E-state index >= 15 is 0 Å². The zero-order valence-electron chi connectivity index (χ0n) is 24.6. The molecule has 1 fully saturated rings. The highest BCUT2D eigenvalue weighted by molar-refractivity contribution is 6.34. The summed E-state index contributed by atoms with van der Waals surface area (Å²) in [6, 6.07) is 11.2. The van der Waals surface area contributed by atoms with Crippen LogP contribution in [0, 0.1) is 6.92 Å². The third-order valence-corrected chi connectivity index (χ3v) is 8.10. The number of carbonyl (C=O) groups is 1. The molecule has 8 nitrogen and oxygen atoms in total. The average molecular weight is 583 g/mol. The predicted molar refractivity (Wildman–Crippen MR) is 170 cm³/mol. The molecule has 0 spiro atoms. The molecule has 2 atom stereocenters. The zero-order valence-corrected chi connectivity index (χ0v) is 25.4. The van der Waals surface area contributed by atoms with E-state index in [1.807, 2.05) is 71.0 Å². The molecule has 0 unspecified atom stereocenters. The van der Waals surface area contributed by atoms with Gasteiger partial charge in [0.2, 0.25) is 5.91 Å². The van der Waals surface area contributed by atoms with Crippen LogP contribution in [0.3, 0.4) is 0 Å². The number of amides is 1. The molecule has 42 heavy (non-hydrogen) atoms. The molecule has 9 heteroatoms. The second-order valence-corrected chi connectivity index (χ2v) is 11.5. The van der Waals surface area contributed by atoms with E-state index in [0.29, 0.717) is 46.3 Å². The molecule has 1 saturated heterocycles. The number of rotatable bonds is 6. The maximum atomic E-state index is 14.1. The first kappa shape index (κ1) is 29.2. The number of anilines is 1. The highest BCUT2D eigenvalue weighted by atomic mass is 35.5. The van der Waals surface area contributed by atoms with Crippen molar-refractivity contribution in [3.05, 3.63) is 94.2 Å². The summed E-state index contributed by atoms with van der Waals surface area (Å²) in [6.45, 7) is 18.6. The third-order valence-electron chi connectivity index (χ3n) is 7.81. The first-order valence-electron chi connectivity index (χ1n) is 14.1. The Balaban J connectivity index is 1.85. The normalized spacial score (nSPS) is 17.1. The number of hydrogen-bond acceptors (Lipinski definition) is 6. The summed E-state index contributed by atoms with van der Waals surface area (Å²) >= 11 is 6.98. The molecular weight excluding hydrogens is 548 g/mol. The maximum absolute atomic E-state index is 14.1. The number of piperazine rings is 1. The number of aryl methyl sites for hydroxylation is 1. The molecule has 4 aromatic rings. The van der Waals surface area contributed by atoms with E-state index in [4.69, 9.17) is 16.6 Å². The van der Waals surface area contributed by atoms with Gasteiger partial charge in [-0.2, -0.15) is 4.98 Å². The molecule has 216 valence electrons. The van der Waals surface area contributed by atoms with Crippen LogP contribution in [-0.4, -0.2) is 55.5 Å². The van der Waals surface area contributed by atoms with Crippen molar-refractivity contribution in [2.45, 2.75) is 52.6 Å². The zero-order chi connectivity index (χ0) is 30.3. The summed E-state index contributed by atoms with van der Waals surface area (Å²) in [5.74, 6) is 0.415. The number of benzene rings is 1. The lowest BCUT2D eigenvalue weighted by molar-refractivity contribution is -0.127. The summed E-state index contributed by atoms with van der Waals surface area (Å²) < 4.78 is 1.57. The summed E-state index contributed by atoms with van der Waals surface area (Å²) in [5, 5.41) is 1.07. The molecule has 3 aromatic heterocycles. The van der Waals surface area contributed by atoms with Gasteiger partial charge in [0.15, 0.2) is 5.65 Å². The molecule has 0 saturated carbocycles. The van der Waals surface area contributed by atoms with E-state index in [1.165, 1.54) is 6.08 Å². The number of nitrogens with zero attached hydrogens (tertiary/aromatic N) is 6. The second-order valence-electron chi connectivity index (χ2n) is 11.1. The van der Waals surface area contributed by atoms with Crippen LogP contribution in [0.4, 0.5) is 5.82 Å². The van der Waals surface area contributed by atoms with Crippen molar-refractivity contribution in [1.29, 1.82) is 0 Å². The molecule has 1 aliphatic rings. The van der Waals surface area contributed by atoms with Gasteiger partial charge in [-0.25, -0.2) is 14.3 Å². The van der Waals surface area contributed by atoms with Crippen LogP contribution in [-0.2, 0) is 4.79 Å². The van der Waals surface area contributed by atoms with Gasteiger partial charge in [0, 0.05) is 36.9 Å². The van der Waals surface area contributed by atoms with Gasteiger partial charge in [0.05, 0.1) is 27.5 Å². The minimum absolute atomic E-state index is 0.0466. The Hall–Kier alpha value is -4.30. The SMILES string of the molecule is C=CC(=O)N1C[C@H](C)N(c2nc(=O)n(-c3c(C)ccnc3C(C)C)c3nc(-c4ccccc4C=C)c(Cl)cc23)[C@@H](C)C1. The molecule has 4 heterocycles. The predicted octanol–water partition coefficient (Wildman–Crippen LogP) is 6.18. The minimum atomic E-state index is -0.461. The van der Waals surface area contributed by atoms with Crippen molar-refractivity contribution in [3.8, 4) is 16.9 Å². The van der Waals surface area contributed by atoms with Crippen molar-refractivity contribution >= 4 is 40.4 Å². The Labute approximate surface area is 251 Å². The summed E-state index contributed by atoms with van der Waals surface area (Å²) in [7, 11) is 0. The van der Waals surface area contributed by atoms with Crippen molar-refractivity contribution in [3.63, 3.8) is 0 Å². The lowest BCUT2D eigenvalue weighted by Gasteiger charge is -2.45. The molecular formula is C33H35ClN6O2. The fourth-order valence-electron chi connectivity index (χ4n) is 5.92. The number of pyridine rings is 2. The molecule has 1 amide bonds. The number of halogens is 1. The van der Waals surface area contributed by atoms with Gasteiger partial charge < -0.3 is 9.80 Å². The standard InChI is InChI=1S/C33H35ClN6O2/c1-8-23-12-10-11-13-24(23)29-26(34)16-25-31(36-29)40(30-20(5)14-15-35-28(30)19(3)4)33(42)37-32(25)39-21(6)17-38(18-22(39)7)27(41)9-2/h8-16,19,21-22H,1-2,17-18H2,3-7H3/t21-,22-/m0/s1. The Morgan fingerprint density at radius 1 is 1.10 bits per heavy atom. The largest absolute Gasteiger partial charge is 0.355 e. The van der Waals surface area contributed by atoms with Gasteiger partial charge in [-0.3, -0.25) is 9.78 Å². The molecule has 1 aromatic carbocycles. The number of carbonyl (C=O) groups excluding carboxylic acids is 1. The molecule has 0 aliphatic carbocycles. The van der Waals surface area contributed by atoms with Crippen LogP contribution < -0.4 is 10.6 Å². The van der Waals surface area contributed by atoms with Crippen molar-refractivity contribution in [2.24, 2.45) is 0 Å². The van der Waals surface area contributed by atoms with Crippen LogP contribution >= 0.6 is 11.6 Å². The van der Waals surface area contributed by atoms with E-state index in [9.17, 15) is 9.59 Å². The van der Waals surface area contributed by atoms with Gasteiger partial charge in [-0.15, -0.1) is 0 Å². The van der Waals surface area contributed by atoms with Gasteiger partial charge in [0.1, 0.15) is 5.82 Å². The summed E-state index contributed by atoms with van der Waals surface area (Å²) in [6.07, 6.45) is 4.85. The van der Waals surface area contributed by atoms with Gasteiger partial charge in [0.25, 0.3) is 0 Å². The van der Waals surface area contributed by atoms with E-state index in [-0.39, 0.29) is 23.9 Å². The lowest BCUT2D eigenvalue weighted by atomic mass is 10.0. The number of fused-ring (bicyclic) bond motifs is 1. The van der Waals surface area contributed by atoms with Crippen molar-refractivity contribution in [1.82, 2.24) is 24.4 Å². The average Bonchev–Trinajstić information content (AvgIpc) is 2.96. The van der Waals surface area contributed by atoms with Crippen LogP contribution in [0.1, 0.15) is 50.4 Å². The lowest BCUT2D eigenvalue weighted by Crippen LogP contribution is -2.58. The first-order valence-corrected chi connectivity index (χ1v) is 14.5. The minimum Gasteiger partial charge on any atom is -0.347 e. The van der Waals surface area contributed by atoms with Gasteiger partial charge >= 0.3 is 5.69 Å². The molecule has 0 radical (unpaired) electrons. The Morgan fingerprint density at radius 3 is 2.43 bits per heavy atom. The Morgan fingerprint density at radius 2 is 1.79 bits per heavy atom. The Bertz CT molecular complexity index is 1770. The highest BCUT2D eigenvalue weighted by Gasteiger charge is 2.34. The summed E-state index contributed by atoms with van der Waals surface area (Å²) in [5.41, 5.74) is 4.53. The summed E-state index contributed by atoms with van der Waals surface area (Å²) in [4.78, 5) is 44.9. The quantitative estimate of drug-likeness (QED) is 0.252. The monoisotopic (exact) mass is 582 g/mol. The Kier molecular flexibility index (Phi) is 8.01. The van der Waals surface area contributed by atoms with Crippen LogP contribution in [0.2, 0.25) is 5.02 Å². The third kappa shape index (κ3) is 5.00. The van der Waals surface area contributed by atoms with Crippen molar-refractivity contribution < 1.29 is 4.79 Å². The fraction of sp³-hybridized carbons (Fsp3) is 0.303. The molecule has 0 bridgehead atoms. The topological polar surface area (TPSA) is 84.2 Å². The van der Waals surface area contributed by atoms with Crippen LogP contribution in [0.25, 0.3) is 34.1 Å². The first-order chi connectivity index (χ1) is 20.1. The van der Waals surface area contributed by atoms with E-state index in [0.717, 1.165) is 22.4 Å². The fourth-order valence-corrected chi connectivity index (χ4v) is 6.17. The molecule has 5 rings (SSSR count). The van der Waals surface area contributed by atoms with Gasteiger partial charge in [-0.05, 0) is 56.0 Å². The van der Waals surface area contributed by atoms with Crippen LogP contribution in [0.5, 0.6) is 0 Å². The van der Waals surface area contributed by atoms with E-state index < -0.39 is 5.69 Å². The number of hydrogen-bond donors (Lipinski definition) is 0. The molecule has 0 N–H and O–H groups in total. The van der Waals surface area contributed by atoms with Gasteiger partial charge in [-0.1, -0.05) is 68.9 Å². The molecule has 1 aliphatic heterocycles. The smallest absolute Gasteiger partial charge is 0.347 e. The second kappa shape index (κ2) is 11.5.